The number of nitrogens with one attached hydrogen (secondary N) is 1. The molecule has 22 heavy (non-hydrogen) atoms. The molecule has 0 bridgehead atoms. The van der Waals surface area contributed by atoms with Gasteiger partial charge in [-0.05, 0) is 0 Å². The molecule has 7 heteroatoms. The lowest BCUT2D eigenvalue weighted by Crippen LogP contribution is -2.37. The molecule has 0 amide bonds. The maximum atomic E-state index is 14.8. The van der Waals surface area contributed by atoms with Gasteiger partial charge in [0, 0.05) is 18.4 Å². The summed E-state index contributed by atoms with van der Waals surface area (Å²) in [6.07, 6.45) is 3.37. The maximum absolute atomic E-state index is 14.8. The normalized spacial score (nSPS) is 14.8. The van der Waals surface area contributed by atoms with Crippen molar-refractivity contribution in [1.29, 1.82) is 0 Å². The monoisotopic (exact) mass is 303 g/mol. The van der Waals surface area contributed by atoms with Crippen LogP contribution in [0.3, 0.4) is 0 Å². The van der Waals surface area contributed by atoms with Crippen LogP contribution in [0, 0.1) is 5.82 Å². The first-order valence-electron chi connectivity index (χ1n) is 7.19. The van der Waals surface area contributed by atoms with E-state index in [2.05, 4.69) is 19.9 Å². The van der Waals surface area contributed by atoms with Crippen LogP contribution in [0.25, 0.3) is 0 Å². The Hall–Kier alpha value is -2.31. The molecule has 0 aromatic carbocycles. The Morgan fingerprint density at radius 2 is 2.05 bits per heavy atom. The third-order valence-corrected chi connectivity index (χ3v) is 3.79. The van der Waals surface area contributed by atoms with Crippen molar-refractivity contribution in [2.45, 2.75) is 39.2 Å². The van der Waals surface area contributed by atoms with Gasteiger partial charge in [-0.2, -0.15) is 0 Å². The summed E-state index contributed by atoms with van der Waals surface area (Å²) in [7, 11) is 0. The van der Waals surface area contributed by atoms with Crippen molar-refractivity contribution in [2.24, 2.45) is 0 Å². The van der Waals surface area contributed by atoms with Crippen molar-refractivity contribution in [3.63, 3.8) is 0 Å². The number of H-pyrrole nitrogens is 1. The zero-order valence-corrected chi connectivity index (χ0v) is 12.9. The van der Waals surface area contributed by atoms with Gasteiger partial charge in [-0.15, -0.1) is 0 Å². The van der Waals surface area contributed by atoms with Gasteiger partial charge in [0.1, 0.15) is 6.33 Å². The van der Waals surface area contributed by atoms with Gasteiger partial charge >= 0.3 is 0 Å². The Morgan fingerprint density at radius 1 is 1.27 bits per heavy atom. The molecule has 0 spiro atoms. The number of aromatic amines is 1. The van der Waals surface area contributed by atoms with Crippen LogP contribution in [0.5, 0.6) is 0 Å². The number of hydrogen-bond acceptors (Lipinski definition) is 5. The second-order valence-corrected chi connectivity index (χ2v) is 6.44. The van der Waals surface area contributed by atoms with E-state index in [1.807, 2.05) is 20.8 Å². The van der Waals surface area contributed by atoms with E-state index in [-0.39, 0.29) is 11.4 Å². The Kier molecular flexibility index (Phi) is 3.42. The highest BCUT2D eigenvalue weighted by atomic mass is 19.1. The molecule has 116 valence electrons. The van der Waals surface area contributed by atoms with E-state index in [9.17, 15) is 9.18 Å². The minimum atomic E-state index is -0.418. The van der Waals surface area contributed by atoms with Crippen molar-refractivity contribution in [3.05, 3.63) is 45.8 Å². The highest BCUT2D eigenvalue weighted by molar-refractivity contribution is 5.45. The molecule has 0 atom stereocenters. The summed E-state index contributed by atoms with van der Waals surface area (Å²) >= 11 is 0. The predicted molar refractivity (Wildman–Crippen MR) is 80.3 cm³/mol. The Balaban J connectivity index is 2.01. The molecule has 3 rings (SSSR count). The minimum Gasteiger partial charge on any atom is -0.349 e. The first kappa shape index (κ1) is 14.6. The molecule has 1 N–H and O–H groups in total. The smallest absolute Gasteiger partial charge is 0.255 e. The molecule has 6 nitrogen and oxygen atoms in total. The summed E-state index contributed by atoms with van der Waals surface area (Å²) in [5.41, 5.74) is 1.13. The summed E-state index contributed by atoms with van der Waals surface area (Å²) in [5, 5.41) is 0. The van der Waals surface area contributed by atoms with Crippen LogP contribution in [0.1, 0.15) is 37.7 Å². The van der Waals surface area contributed by atoms with Crippen LogP contribution >= 0.6 is 0 Å². The topological polar surface area (TPSA) is 74.8 Å². The fraction of sp³-hybridized carbons (Fsp3) is 0.467. The summed E-state index contributed by atoms with van der Waals surface area (Å²) in [6.45, 7) is 6.59. The molecule has 0 saturated carbocycles. The van der Waals surface area contributed by atoms with E-state index in [1.54, 1.807) is 4.90 Å². The molecule has 2 aromatic heterocycles. The molecule has 2 aromatic rings. The van der Waals surface area contributed by atoms with E-state index in [4.69, 9.17) is 0 Å². The summed E-state index contributed by atoms with van der Waals surface area (Å²) in [5.74, 6) is -0.174. The lowest BCUT2D eigenvalue weighted by molar-refractivity contribution is 0.493. The van der Waals surface area contributed by atoms with Gasteiger partial charge in [0.05, 0.1) is 29.8 Å². The zero-order valence-electron chi connectivity index (χ0n) is 12.9. The van der Waals surface area contributed by atoms with Gasteiger partial charge in [0.25, 0.3) is 5.56 Å². The van der Waals surface area contributed by atoms with Gasteiger partial charge in [-0.3, -0.25) is 4.79 Å². The van der Waals surface area contributed by atoms with E-state index in [0.717, 1.165) is 5.69 Å². The number of hydrogen-bond donors (Lipinski definition) is 1. The number of anilines is 1. The molecule has 0 fully saturated rings. The standard InChI is InChI=1S/C15H18FN5O/c1-15(2,3)12-11(16)13(19-8-18-12)21-5-4-10-9(6-21)14(22)20-7-17-10/h7-8H,4-6H2,1-3H3,(H,17,20,22). The molecular formula is C15H18FN5O. The highest BCUT2D eigenvalue weighted by Gasteiger charge is 2.28. The minimum absolute atomic E-state index is 0.180. The summed E-state index contributed by atoms with van der Waals surface area (Å²) in [4.78, 5) is 28.6. The number of nitrogens with zero attached hydrogens (tertiary/aromatic N) is 4. The third kappa shape index (κ3) is 2.47. The molecular weight excluding hydrogens is 285 g/mol. The van der Waals surface area contributed by atoms with Crippen LogP contribution in [-0.4, -0.2) is 26.5 Å². The molecule has 1 aliphatic heterocycles. The van der Waals surface area contributed by atoms with Crippen LogP contribution in [0.2, 0.25) is 0 Å². The quantitative estimate of drug-likeness (QED) is 0.865. The van der Waals surface area contributed by atoms with Crippen molar-refractivity contribution < 1.29 is 4.39 Å². The van der Waals surface area contributed by atoms with Crippen LogP contribution in [0.15, 0.2) is 17.4 Å². The number of fused-ring (bicyclic) bond motifs is 1. The first-order valence-corrected chi connectivity index (χ1v) is 7.19. The lowest BCUT2D eigenvalue weighted by atomic mass is 9.91. The third-order valence-electron chi connectivity index (χ3n) is 3.79. The predicted octanol–water partition coefficient (Wildman–Crippen LogP) is 1.56. The number of rotatable bonds is 1. The largest absolute Gasteiger partial charge is 0.349 e. The van der Waals surface area contributed by atoms with Crippen molar-refractivity contribution >= 4 is 5.82 Å². The highest BCUT2D eigenvalue weighted by Crippen LogP contribution is 2.29. The van der Waals surface area contributed by atoms with Gasteiger partial charge in [-0.25, -0.2) is 19.3 Å². The van der Waals surface area contributed by atoms with Crippen LogP contribution in [0.4, 0.5) is 10.2 Å². The summed E-state index contributed by atoms with van der Waals surface area (Å²) < 4.78 is 14.8. The first-order chi connectivity index (χ1) is 10.4. The summed E-state index contributed by atoms with van der Waals surface area (Å²) in [6, 6.07) is 0. The average Bonchev–Trinajstić information content (AvgIpc) is 2.46. The van der Waals surface area contributed by atoms with Gasteiger partial charge < -0.3 is 9.88 Å². The second kappa shape index (κ2) is 5.15. The zero-order chi connectivity index (χ0) is 15.9. The van der Waals surface area contributed by atoms with E-state index in [1.165, 1.54) is 12.7 Å². The van der Waals surface area contributed by atoms with Crippen molar-refractivity contribution in [1.82, 2.24) is 19.9 Å². The van der Waals surface area contributed by atoms with Gasteiger partial charge in [0.15, 0.2) is 11.6 Å². The fourth-order valence-corrected chi connectivity index (χ4v) is 2.64. The number of aromatic nitrogens is 4. The van der Waals surface area contributed by atoms with E-state index < -0.39 is 11.2 Å². The molecule has 0 unspecified atom stereocenters. The van der Waals surface area contributed by atoms with Crippen molar-refractivity contribution in [2.75, 3.05) is 11.4 Å². The average molecular weight is 303 g/mol. The molecule has 3 heterocycles. The van der Waals surface area contributed by atoms with Gasteiger partial charge in [-0.1, -0.05) is 20.8 Å². The molecule has 1 aliphatic rings. The van der Waals surface area contributed by atoms with E-state index >= 15 is 0 Å². The Morgan fingerprint density at radius 3 is 2.77 bits per heavy atom. The van der Waals surface area contributed by atoms with E-state index in [0.29, 0.717) is 30.8 Å². The lowest BCUT2D eigenvalue weighted by Gasteiger charge is -2.29. The Bertz CT molecular complexity index is 765. The van der Waals surface area contributed by atoms with Crippen molar-refractivity contribution in [3.8, 4) is 0 Å². The maximum Gasteiger partial charge on any atom is 0.255 e. The van der Waals surface area contributed by atoms with Crippen LogP contribution in [-0.2, 0) is 18.4 Å². The second-order valence-electron chi connectivity index (χ2n) is 6.44. The van der Waals surface area contributed by atoms with Gasteiger partial charge in [0.2, 0.25) is 0 Å². The molecule has 0 aliphatic carbocycles. The molecule has 0 radical (unpaired) electrons. The van der Waals surface area contributed by atoms with Crippen LogP contribution < -0.4 is 10.5 Å². The SMILES string of the molecule is CC(C)(C)c1ncnc(N2CCc3nc[nH]c(=O)c3C2)c1F. The Labute approximate surface area is 127 Å². The number of halogens is 1. The fourth-order valence-electron chi connectivity index (χ4n) is 2.64. The molecule has 0 saturated heterocycles.